The van der Waals surface area contributed by atoms with E-state index in [1.807, 2.05) is 12.1 Å². The van der Waals surface area contributed by atoms with Crippen LogP contribution in [0.15, 0.2) is 22.7 Å². The van der Waals surface area contributed by atoms with Crippen LogP contribution in [0.1, 0.15) is 38.8 Å². The van der Waals surface area contributed by atoms with Crippen LogP contribution < -0.4 is 10.6 Å². The Hall–Kier alpha value is -2.42. The highest BCUT2D eigenvalue weighted by atomic mass is 35.5. The number of methoxy groups -OCH3 is 1. The molecule has 32 heavy (non-hydrogen) atoms. The Labute approximate surface area is 193 Å². The van der Waals surface area contributed by atoms with Crippen LogP contribution in [-0.4, -0.2) is 53.5 Å². The first-order valence-electron chi connectivity index (χ1n) is 11.1. The zero-order valence-corrected chi connectivity index (χ0v) is 19.7. The Morgan fingerprint density at radius 2 is 2.00 bits per heavy atom. The van der Waals surface area contributed by atoms with E-state index in [1.54, 1.807) is 13.3 Å². The van der Waals surface area contributed by atoms with E-state index in [9.17, 15) is 5.11 Å². The molecule has 0 aliphatic heterocycles. The SMILES string of the molecule is CCC[C@H](CO)CCNc1nc(NCCOC)nc(Cl)c1-c1cc2cc(CC)ncc2o1. The van der Waals surface area contributed by atoms with E-state index < -0.39 is 0 Å². The zero-order chi connectivity index (χ0) is 22.9. The Kier molecular flexibility index (Phi) is 9.08. The van der Waals surface area contributed by atoms with Crippen molar-refractivity contribution in [2.24, 2.45) is 5.92 Å². The molecule has 0 aliphatic carbocycles. The van der Waals surface area contributed by atoms with Crippen molar-refractivity contribution in [1.29, 1.82) is 0 Å². The van der Waals surface area contributed by atoms with Crippen LogP contribution in [0.3, 0.4) is 0 Å². The van der Waals surface area contributed by atoms with Crippen molar-refractivity contribution in [3.05, 3.63) is 29.2 Å². The summed E-state index contributed by atoms with van der Waals surface area (Å²) in [5, 5.41) is 17.4. The van der Waals surface area contributed by atoms with E-state index in [0.717, 1.165) is 36.8 Å². The fraction of sp³-hybridized carbons (Fsp3) is 0.522. The number of nitrogens with zero attached hydrogens (tertiary/aromatic N) is 3. The first kappa shape index (κ1) is 24.2. The minimum atomic E-state index is 0.174. The molecule has 0 radical (unpaired) electrons. The van der Waals surface area contributed by atoms with Gasteiger partial charge in [0.2, 0.25) is 5.95 Å². The van der Waals surface area contributed by atoms with Gasteiger partial charge in [0.25, 0.3) is 0 Å². The average Bonchev–Trinajstić information content (AvgIpc) is 3.21. The molecule has 0 unspecified atom stereocenters. The van der Waals surface area contributed by atoms with Gasteiger partial charge in [-0.25, -0.2) is 4.98 Å². The lowest BCUT2D eigenvalue weighted by molar-refractivity contribution is 0.210. The highest BCUT2D eigenvalue weighted by Crippen LogP contribution is 2.37. The molecule has 1 atom stereocenters. The van der Waals surface area contributed by atoms with Gasteiger partial charge in [0.05, 0.1) is 18.4 Å². The van der Waals surface area contributed by atoms with Crippen molar-refractivity contribution in [3.8, 4) is 11.3 Å². The molecule has 9 heteroatoms. The first-order valence-corrected chi connectivity index (χ1v) is 11.5. The maximum Gasteiger partial charge on any atom is 0.226 e. The molecule has 0 aromatic carbocycles. The predicted molar refractivity (Wildman–Crippen MR) is 128 cm³/mol. The fourth-order valence-corrected chi connectivity index (χ4v) is 3.82. The summed E-state index contributed by atoms with van der Waals surface area (Å²) in [6, 6.07) is 3.96. The third-order valence-corrected chi connectivity index (χ3v) is 5.60. The van der Waals surface area contributed by atoms with Crippen LogP contribution in [0.4, 0.5) is 11.8 Å². The zero-order valence-electron chi connectivity index (χ0n) is 18.9. The van der Waals surface area contributed by atoms with E-state index >= 15 is 0 Å². The van der Waals surface area contributed by atoms with Crippen molar-refractivity contribution in [3.63, 3.8) is 0 Å². The monoisotopic (exact) mass is 461 g/mol. The van der Waals surface area contributed by atoms with Gasteiger partial charge in [0.1, 0.15) is 16.7 Å². The molecule has 3 rings (SSSR count). The van der Waals surface area contributed by atoms with Crippen LogP contribution in [-0.2, 0) is 11.2 Å². The molecule has 0 aliphatic rings. The number of furan rings is 1. The molecule has 0 saturated heterocycles. The molecule has 0 amide bonds. The number of aliphatic hydroxyl groups is 1. The maximum atomic E-state index is 9.60. The number of rotatable bonds is 13. The van der Waals surface area contributed by atoms with Crippen molar-refractivity contribution in [1.82, 2.24) is 15.0 Å². The van der Waals surface area contributed by atoms with E-state index in [1.165, 1.54) is 0 Å². The number of nitrogens with one attached hydrogen (secondary N) is 2. The number of anilines is 2. The molecule has 3 aromatic rings. The lowest BCUT2D eigenvalue weighted by Gasteiger charge is -2.16. The summed E-state index contributed by atoms with van der Waals surface area (Å²) < 4.78 is 11.1. The van der Waals surface area contributed by atoms with Gasteiger partial charge in [-0.15, -0.1) is 0 Å². The summed E-state index contributed by atoms with van der Waals surface area (Å²) in [4.78, 5) is 13.5. The third-order valence-electron chi connectivity index (χ3n) is 5.32. The first-order chi connectivity index (χ1) is 15.6. The van der Waals surface area contributed by atoms with Crippen molar-refractivity contribution in [2.45, 2.75) is 39.5 Å². The molecule has 0 saturated carbocycles. The number of halogens is 1. The van der Waals surface area contributed by atoms with Gasteiger partial charge in [0, 0.05) is 37.9 Å². The number of aromatic nitrogens is 3. The molecule has 3 N–H and O–H groups in total. The number of hydrogen-bond acceptors (Lipinski definition) is 8. The summed E-state index contributed by atoms with van der Waals surface area (Å²) in [6.45, 7) is 6.09. The molecule has 0 fully saturated rings. The second-order valence-electron chi connectivity index (χ2n) is 7.71. The summed E-state index contributed by atoms with van der Waals surface area (Å²) in [6.07, 6.45) is 5.42. The van der Waals surface area contributed by atoms with Gasteiger partial charge in [-0.05, 0) is 37.3 Å². The minimum absolute atomic E-state index is 0.174. The Balaban J connectivity index is 1.92. The van der Waals surface area contributed by atoms with Gasteiger partial charge < -0.3 is 24.9 Å². The largest absolute Gasteiger partial charge is 0.454 e. The lowest BCUT2D eigenvalue weighted by atomic mass is 10.0. The molecular formula is C23H32ClN5O3. The highest BCUT2D eigenvalue weighted by Gasteiger charge is 2.20. The van der Waals surface area contributed by atoms with Gasteiger partial charge in [-0.2, -0.15) is 4.98 Å². The molecule has 8 nitrogen and oxygen atoms in total. The predicted octanol–water partition coefficient (Wildman–Crippen LogP) is 4.77. The van der Waals surface area contributed by atoms with Crippen LogP contribution in [0.5, 0.6) is 0 Å². The molecule has 174 valence electrons. The average molecular weight is 462 g/mol. The van der Waals surface area contributed by atoms with E-state index in [4.69, 9.17) is 20.8 Å². The molecule has 3 heterocycles. The van der Waals surface area contributed by atoms with Crippen molar-refractivity contribution < 1.29 is 14.3 Å². The summed E-state index contributed by atoms with van der Waals surface area (Å²) in [7, 11) is 1.64. The Morgan fingerprint density at radius 3 is 2.72 bits per heavy atom. The van der Waals surface area contributed by atoms with E-state index in [2.05, 4.69) is 39.4 Å². The van der Waals surface area contributed by atoms with Gasteiger partial charge in [-0.3, -0.25) is 4.98 Å². The van der Waals surface area contributed by atoms with Gasteiger partial charge >= 0.3 is 0 Å². The number of pyridine rings is 1. The standard InChI is InChI=1S/C23H32ClN5O3/c1-4-6-15(14-30)7-8-25-22-20(21(24)28-23(29-22)26-9-10-31-3)18-12-16-11-17(5-2)27-13-19(16)32-18/h11-13,15,30H,4-10,14H2,1-3H3,(H2,25,26,28,29)/t15-/m0/s1. The quantitative estimate of drug-likeness (QED) is 0.247. The molecule has 3 aromatic heterocycles. The number of ether oxygens (including phenoxy) is 1. The van der Waals surface area contributed by atoms with E-state index in [0.29, 0.717) is 48.4 Å². The lowest BCUT2D eigenvalue weighted by Crippen LogP contribution is -2.15. The van der Waals surface area contributed by atoms with Gasteiger partial charge in [0.15, 0.2) is 5.58 Å². The smallest absolute Gasteiger partial charge is 0.226 e. The van der Waals surface area contributed by atoms with Crippen molar-refractivity contribution in [2.75, 3.05) is 44.0 Å². The molecule has 0 spiro atoms. The second-order valence-corrected chi connectivity index (χ2v) is 8.07. The summed E-state index contributed by atoms with van der Waals surface area (Å²) in [5.41, 5.74) is 2.29. The third kappa shape index (κ3) is 6.09. The number of hydrogen-bond donors (Lipinski definition) is 3. The summed E-state index contributed by atoms with van der Waals surface area (Å²) in [5.74, 6) is 1.83. The van der Waals surface area contributed by atoms with E-state index in [-0.39, 0.29) is 17.7 Å². The van der Waals surface area contributed by atoms with Crippen molar-refractivity contribution >= 4 is 34.3 Å². The van der Waals surface area contributed by atoms with Crippen LogP contribution in [0.25, 0.3) is 22.3 Å². The fourth-order valence-electron chi connectivity index (χ4n) is 3.56. The second kappa shape index (κ2) is 12.0. The Morgan fingerprint density at radius 1 is 1.16 bits per heavy atom. The minimum Gasteiger partial charge on any atom is -0.454 e. The van der Waals surface area contributed by atoms with Crippen LogP contribution in [0.2, 0.25) is 5.15 Å². The number of aliphatic hydroxyl groups excluding tert-OH is 1. The maximum absolute atomic E-state index is 9.60. The molecular weight excluding hydrogens is 430 g/mol. The molecule has 0 bridgehead atoms. The summed E-state index contributed by atoms with van der Waals surface area (Å²) >= 11 is 6.61. The Bertz CT molecular complexity index is 1010. The van der Waals surface area contributed by atoms with Gasteiger partial charge in [-0.1, -0.05) is 31.9 Å². The van der Waals surface area contributed by atoms with Crippen LogP contribution in [0, 0.1) is 5.92 Å². The normalized spacial score (nSPS) is 12.3. The number of aryl methyl sites for hydroxylation is 1. The topological polar surface area (TPSA) is 105 Å². The number of fused-ring (bicyclic) bond motifs is 1. The van der Waals surface area contributed by atoms with Crippen LogP contribution >= 0.6 is 11.6 Å². The highest BCUT2D eigenvalue weighted by molar-refractivity contribution is 6.32.